The second-order valence-corrected chi connectivity index (χ2v) is 2.33. The average molecular weight is 139 g/mol. The third-order valence-electron chi connectivity index (χ3n) is 1.56. The zero-order valence-electron chi connectivity index (χ0n) is 6.31. The quantitative estimate of drug-likeness (QED) is 0.530. The van der Waals surface area contributed by atoms with Crippen molar-refractivity contribution in [1.82, 2.24) is 5.32 Å². The SMILES string of the molecule is COC1C#CCCNCC1. The van der Waals surface area contributed by atoms with Crippen LogP contribution in [0.2, 0.25) is 0 Å². The fourth-order valence-corrected chi connectivity index (χ4v) is 0.944. The van der Waals surface area contributed by atoms with Crippen molar-refractivity contribution in [3.05, 3.63) is 0 Å². The molecule has 0 fully saturated rings. The van der Waals surface area contributed by atoms with Crippen molar-refractivity contribution >= 4 is 0 Å². The van der Waals surface area contributed by atoms with Crippen LogP contribution in [-0.4, -0.2) is 26.3 Å². The molecule has 1 aliphatic rings. The first-order valence-corrected chi connectivity index (χ1v) is 3.65. The molecule has 1 atom stereocenters. The monoisotopic (exact) mass is 139 g/mol. The summed E-state index contributed by atoms with van der Waals surface area (Å²) < 4.78 is 5.11. The Morgan fingerprint density at radius 3 is 3.20 bits per heavy atom. The first-order chi connectivity index (χ1) is 4.93. The summed E-state index contributed by atoms with van der Waals surface area (Å²) in [5.41, 5.74) is 0. The molecule has 1 heterocycles. The van der Waals surface area contributed by atoms with Crippen LogP contribution in [0.5, 0.6) is 0 Å². The van der Waals surface area contributed by atoms with Gasteiger partial charge in [-0.15, -0.1) is 0 Å². The summed E-state index contributed by atoms with van der Waals surface area (Å²) in [6, 6.07) is 0. The summed E-state index contributed by atoms with van der Waals surface area (Å²) in [6.45, 7) is 2.04. The van der Waals surface area contributed by atoms with Gasteiger partial charge in [0.2, 0.25) is 0 Å². The van der Waals surface area contributed by atoms with Gasteiger partial charge in [0.15, 0.2) is 0 Å². The van der Waals surface area contributed by atoms with Gasteiger partial charge in [-0.1, -0.05) is 11.8 Å². The Hall–Kier alpha value is -0.520. The molecule has 10 heavy (non-hydrogen) atoms. The minimum atomic E-state index is 0.146. The number of rotatable bonds is 1. The van der Waals surface area contributed by atoms with E-state index in [1.54, 1.807) is 7.11 Å². The highest BCUT2D eigenvalue weighted by atomic mass is 16.5. The largest absolute Gasteiger partial charge is 0.369 e. The predicted molar refractivity (Wildman–Crippen MR) is 40.7 cm³/mol. The summed E-state index contributed by atoms with van der Waals surface area (Å²) in [5.74, 6) is 6.11. The standard InChI is InChI=1S/C8H13NO/c1-10-8-4-2-3-6-9-7-5-8/h8-9H,3,5-7H2,1H3. The minimum absolute atomic E-state index is 0.146. The lowest BCUT2D eigenvalue weighted by Gasteiger charge is -2.10. The minimum Gasteiger partial charge on any atom is -0.369 e. The van der Waals surface area contributed by atoms with E-state index in [2.05, 4.69) is 17.2 Å². The summed E-state index contributed by atoms with van der Waals surface area (Å²) in [5, 5.41) is 3.27. The van der Waals surface area contributed by atoms with E-state index >= 15 is 0 Å². The van der Waals surface area contributed by atoms with Gasteiger partial charge >= 0.3 is 0 Å². The molecule has 2 heteroatoms. The Labute approximate surface area is 62.0 Å². The van der Waals surface area contributed by atoms with Crippen LogP contribution in [0.4, 0.5) is 0 Å². The van der Waals surface area contributed by atoms with Gasteiger partial charge in [-0.3, -0.25) is 0 Å². The summed E-state index contributed by atoms with van der Waals surface area (Å²) >= 11 is 0. The summed E-state index contributed by atoms with van der Waals surface area (Å²) in [4.78, 5) is 0. The fraction of sp³-hybridized carbons (Fsp3) is 0.750. The number of methoxy groups -OCH3 is 1. The second kappa shape index (κ2) is 4.32. The third-order valence-corrected chi connectivity index (χ3v) is 1.56. The first-order valence-electron chi connectivity index (χ1n) is 3.65. The van der Waals surface area contributed by atoms with Crippen LogP contribution < -0.4 is 5.32 Å². The molecule has 1 N–H and O–H groups in total. The van der Waals surface area contributed by atoms with E-state index in [4.69, 9.17) is 4.74 Å². The molecular formula is C8H13NO. The average Bonchev–Trinajstić information content (AvgIpc) is 1.87. The van der Waals surface area contributed by atoms with E-state index in [9.17, 15) is 0 Å². The normalized spacial score (nSPS) is 25.9. The number of ether oxygens (including phenoxy) is 1. The van der Waals surface area contributed by atoms with E-state index < -0.39 is 0 Å². The highest BCUT2D eigenvalue weighted by molar-refractivity contribution is 5.06. The maximum atomic E-state index is 5.11. The molecule has 0 amide bonds. The van der Waals surface area contributed by atoms with E-state index in [0.29, 0.717) is 0 Å². The molecule has 0 aliphatic carbocycles. The van der Waals surface area contributed by atoms with E-state index in [-0.39, 0.29) is 6.10 Å². The lowest BCUT2D eigenvalue weighted by Crippen LogP contribution is -2.23. The molecular weight excluding hydrogens is 126 g/mol. The van der Waals surface area contributed by atoms with Crippen LogP contribution in [0.1, 0.15) is 12.8 Å². The van der Waals surface area contributed by atoms with Gasteiger partial charge in [0.05, 0.1) is 0 Å². The van der Waals surface area contributed by atoms with Crippen LogP contribution in [0, 0.1) is 11.8 Å². The third kappa shape index (κ3) is 2.38. The van der Waals surface area contributed by atoms with Crippen molar-refractivity contribution < 1.29 is 4.74 Å². The topological polar surface area (TPSA) is 21.3 Å². The van der Waals surface area contributed by atoms with E-state index in [1.165, 1.54) is 0 Å². The number of nitrogens with one attached hydrogen (secondary N) is 1. The van der Waals surface area contributed by atoms with Crippen molar-refractivity contribution in [2.75, 3.05) is 20.2 Å². The van der Waals surface area contributed by atoms with Gasteiger partial charge < -0.3 is 10.1 Å². The lowest BCUT2D eigenvalue weighted by atomic mass is 10.2. The molecule has 0 saturated carbocycles. The Kier molecular flexibility index (Phi) is 3.28. The zero-order valence-corrected chi connectivity index (χ0v) is 6.31. The van der Waals surface area contributed by atoms with Crippen molar-refractivity contribution in [2.24, 2.45) is 0 Å². The highest BCUT2D eigenvalue weighted by Gasteiger charge is 2.02. The van der Waals surface area contributed by atoms with Gasteiger partial charge in [-0.05, 0) is 13.0 Å². The van der Waals surface area contributed by atoms with Crippen LogP contribution in [0.3, 0.4) is 0 Å². The summed E-state index contributed by atoms with van der Waals surface area (Å²) in [7, 11) is 1.71. The molecule has 0 bridgehead atoms. The van der Waals surface area contributed by atoms with E-state index in [0.717, 1.165) is 25.9 Å². The number of hydrogen-bond donors (Lipinski definition) is 1. The maximum Gasteiger partial charge on any atom is 0.119 e. The maximum absolute atomic E-state index is 5.11. The molecule has 1 unspecified atom stereocenters. The molecule has 0 aromatic rings. The Morgan fingerprint density at radius 1 is 1.50 bits per heavy atom. The molecule has 0 spiro atoms. The Balaban J connectivity index is 2.39. The highest BCUT2D eigenvalue weighted by Crippen LogP contribution is 1.95. The predicted octanol–water partition coefficient (Wildman–Crippen LogP) is 0.388. The zero-order chi connectivity index (χ0) is 7.23. The lowest BCUT2D eigenvalue weighted by molar-refractivity contribution is 0.140. The van der Waals surface area contributed by atoms with Gasteiger partial charge in [0.1, 0.15) is 6.10 Å². The van der Waals surface area contributed by atoms with Crippen LogP contribution in [0.25, 0.3) is 0 Å². The Bertz CT molecular complexity index is 145. The van der Waals surface area contributed by atoms with Crippen LogP contribution in [-0.2, 0) is 4.74 Å². The van der Waals surface area contributed by atoms with Gasteiger partial charge in [0.25, 0.3) is 0 Å². The van der Waals surface area contributed by atoms with Crippen molar-refractivity contribution in [1.29, 1.82) is 0 Å². The van der Waals surface area contributed by atoms with Crippen molar-refractivity contribution in [3.63, 3.8) is 0 Å². The fourth-order valence-electron chi connectivity index (χ4n) is 0.944. The molecule has 0 aromatic heterocycles. The second-order valence-electron chi connectivity index (χ2n) is 2.33. The molecule has 0 radical (unpaired) electrons. The molecule has 1 aliphatic heterocycles. The number of hydrogen-bond acceptors (Lipinski definition) is 2. The van der Waals surface area contributed by atoms with Crippen molar-refractivity contribution in [2.45, 2.75) is 18.9 Å². The summed E-state index contributed by atoms with van der Waals surface area (Å²) in [6.07, 6.45) is 2.09. The van der Waals surface area contributed by atoms with Gasteiger partial charge in [0, 0.05) is 20.1 Å². The van der Waals surface area contributed by atoms with E-state index in [1.807, 2.05) is 0 Å². The van der Waals surface area contributed by atoms with Gasteiger partial charge in [-0.2, -0.15) is 0 Å². The van der Waals surface area contributed by atoms with Crippen LogP contribution in [0.15, 0.2) is 0 Å². The molecule has 56 valence electrons. The van der Waals surface area contributed by atoms with Crippen LogP contribution >= 0.6 is 0 Å². The molecule has 0 aromatic carbocycles. The molecule has 1 rings (SSSR count). The molecule has 0 saturated heterocycles. The first kappa shape index (κ1) is 7.59. The smallest absolute Gasteiger partial charge is 0.119 e. The van der Waals surface area contributed by atoms with Crippen molar-refractivity contribution in [3.8, 4) is 11.8 Å². The molecule has 2 nitrogen and oxygen atoms in total. The van der Waals surface area contributed by atoms with Gasteiger partial charge in [-0.25, -0.2) is 0 Å². The Morgan fingerprint density at radius 2 is 2.40 bits per heavy atom.